The lowest BCUT2D eigenvalue weighted by Crippen LogP contribution is -2.18. The summed E-state index contributed by atoms with van der Waals surface area (Å²) in [6.07, 6.45) is -0.174. The molecule has 0 aromatic heterocycles. The maximum absolute atomic E-state index is 12.3. The predicted octanol–water partition coefficient (Wildman–Crippen LogP) is 3.89. The maximum atomic E-state index is 12.3. The minimum atomic E-state index is -0.424. The van der Waals surface area contributed by atoms with Gasteiger partial charge in [0.05, 0.1) is 6.10 Å². The lowest BCUT2D eigenvalue weighted by Gasteiger charge is -2.11. The molecule has 0 saturated heterocycles. The second kappa shape index (κ2) is 8.33. The third-order valence-electron chi connectivity index (χ3n) is 3.47. The van der Waals surface area contributed by atoms with Crippen molar-refractivity contribution >= 4 is 17.6 Å². The lowest BCUT2D eigenvalue weighted by atomic mass is 10.1. The van der Waals surface area contributed by atoms with Crippen LogP contribution in [0.5, 0.6) is 5.75 Å². The molecule has 0 spiro atoms. The molecule has 0 aliphatic carbocycles. The molecule has 5 heteroatoms. The minimum Gasteiger partial charge on any atom is -0.482 e. The maximum Gasteiger partial charge on any atom is 0.344 e. The minimum absolute atomic E-state index is 0.160. The SMILES string of the molecule is Cc1ccc(NC(=O)c2ccc(OCC(=O)OC(C)C)cc2)c(C)c1. The van der Waals surface area contributed by atoms with Crippen LogP contribution in [0.3, 0.4) is 0 Å². The molecule has 1 amide bonds. The molecule has 2 rings (SSSR count). The van der Waals surface area contributed by atoms with Crippen LogP contribution in [0.15, 0.2) is 42.5 Å². The largest absolute Gasteiger partial charge is 0.482 e. The van der Waals surface area contributed by atoms with Crippen molar-refractivity contribution in [2.45, 2.75) is 33.8 Å². The first-order valence-electron chi connectivity index (χ1n) is 8.16. The fraction of sp³-hybridized carbons (Fsp3) is 0.300. The molecule has 0 atom stereocenters. The van der Waals surface area contributed by atoms with Crippen molar-refractivity contribution in [1.29, 1.82) is 0 Å². The molecule has 0 radical (unpaired) electrons. The molecular formula is C20H23NO4. The molecule has 0 aliphatic rings. The molecular weight excluding hydrogens is 318 g/mol. The second-order valence-corrected chi connectivity index (χ2v) is 6.12. The third-order valence-corrected chi connectivity index (χ3v) is 3.47. The fourth-order valence-corrected chi connectivity index (χ4v) is 2.29. The van der Waals surface area contributed by atoms with Gasteiger partial charge in [0.2, 0.25) is 0 Å². The van der Waals surface area contributed by atoms with E-state index in [2.05, 4.69) is 5.32 Å². The molecule has 0 aliphatic heterocycles. The highest BCUT2D eigenvalue weighted by Crippen LogP contribution is 2.18. The number of carbonyl (C=O) groups excluding carboxylic acids is 2. The summed E-state index contributed by atoms with van der Waals surface area (Å²) in [5.41, 5.74) is 3.45. The molecule has 0 bridgehead atoms. The van der Waals surface area contributed by atoms with Gasteiger partial charge in [0.25, 0.3) is 5.91 Å². The van der Waals surface area contributed by atoms with Gasteiger partial charge in [0.1, 0.15) is 5.75 Å². The summed E-state index contributed by atoms with van der Waals surface area (Å²) in [5.74, 6) is -0.117. The normalized spacial score (nSPS) is 10.4. The first-order chi connectivity index (χ1) is 11.8. The van der Waals surface area contributed by atoms with Crippen LogP contribution in [0, 0.1) is 13.8 Å². The van der Waals surface area contributed by atoms with E-state index in [1.807, 2.05) is 32.0 Å². The highest BCUT2D eigenvalue weighted by atomic mass is 16.6. The Hall–Kier alpha value is -2.82. The molecule has 2 aromatic rings. The van der Waals surface area contributed by atoms with E-state index < -0.39 is 5.97 Å². The fourth-order valence-electron chi connectivity index (χ4n) is 2.29. The van der Waals surface area contributed by atoms with Crippen LogP contribution in [0.25, 0.3) is 0 Å². The number of hydrogen-bond acceptors (Lipinski definition) is 4. The molecule has 0 fully saturated rings. The molecule has 25 heavy (non-hydrogen) atoms. The monoisotopic (exact) mass is 341 g/mol. The van der Waals surface area contributed by atoms with Crippen molar-refractivity contribution in [1.82, 2.24) is 0 Å². The van der Waals surface area contributed by atoms with Crippen molar-refractivity contribution < 1.29 is 19.1 Å². The third kappa shape index (κ3) is 5.64. The van der Waals surface area contributed by atoms with Crippen molar-refractivity contribution in [3.05, 3.63) is 59.2 Å². The first-order valence-corrected chi connectivity index (χ1v) is 8.16. The highest BCUT2D eigenvalue weighted by Gasteiger charge is 2.10. The van der Waals surface area contributed by atoms with Crippen molar-refractivity contribution in [2.24, 2.45) is 0 Å². The van der Waals surface area contributed by atoms with Crippen LogP contribution >= 0.6 is 0 Å². The zero-order chi connectivity index (χ0) is 18.4. The number of hydrogen-bond donors (Lipinski definition) is 1. The number of ether oxygens (including phenoxy) is 2. The number of rotatable bonds is 6. The van der Waals surface area contributed by atoms with E-state index >= 15 is 0 Å². The van der Waals surface area contributed by atoms with E-state index in [0.29, 0.717) is 11.3 Å². The molecule has 0 saturated carbocycles. The molecule has 1 N–H and O–H groups in total. The number of carbonyl (C=O) groups is 2. The number of nitrogens with one attached hydrogen (secondary N) is 1. The average molecular weight is 341 g/mol. The Kier molecular flexibility index (Phi) is 6.17. The van der Waals surface area contributed by atoms with Crippen LogP contribution in [0.2, 0.25) is 0 Å². The van der Waals surface area contributed by atoms with E-state index in [-0.39, 0.29) is 18.6 Å². The van der Waals surface area contributed by atoms with E-state index in [9.17, 15) is 9.59 Å². The van der Waals surface area contributed by atoms with Gasteiger partial charge in [0.15, 0.2) is 6.61 Å². The summed E-state index contributed by atoms with van der Waals surface area (Å²) in [6.45, 7) is 7.36. The number of amides is 1. The van der Waals surface area contributed by atoms with Crippen LogP contribution in [0.1, 0.15) is 35.3 Å². The second-order valence-electron chi connectivity index (χ2n) is 6.12. The standard InChI is InChI=1S/C20H23NO4/c1-13(2)25-19(22)12-24-17-8-6-16(7-9-17)20(23)21-18-10-5-14(3)11-15(18)4/h5-11,13H,12H2,1-4H3,(H,21,23). The van der Waals surface area contributed by atoms with Crippen LogP contribution in [-0.2, 0) is 9.53 Å². The Labute approximate surface area is 148 Å². The summed E-state index contributed by atoms with van der Waals surface area (Å²) in [7, 11) is 0. The van der Waals surface area contributed by atoms with E-state index in [4.69, 9.17) is 9.47 Å². The summed E-state index contributed by atoms with van der Waals surface area (Å²) in [4.78, 5) is 23.8. The van der Waals surface area contributed by atoms with Crippen molar-refractivity contribution in [3.63, 3.8) is 0 Å². The molecule has 0 unspecified atom stereocenters. The topological polar surface area (TPSA) is 64.6 Å². The number of benzene rings is 2. The van der Waals surface area contributed by atoms with Gasteiger partial charge in [-0.25, -0.2) is 4.79 Å². The van der Waals surface area contributed by atoms with Crippen LogP contribution in [-0.4, -0.2) is 24.6 Å². The molecule has 5 nitrogen and oxygen atoms in total. The van der Waals surface area contributed by atoms with Gasteiger partial charge < -0.3 is 14.8 Å². The molecule has 2 aromatic carbocycles. The predicted molar refractivity (Wildman–Crippen MR) is 97.0 cm³/mol. The van der Waals surface area contributed by atoms with Gasteiger partial charge in [-0.05, 0) is 63.6 Å². The Bertz CT molecular complexity index is 751. The highest BCUT2D eigenvalue weighted by molar-refractivity contribution is 6.04. The summed E-state index contributed by atoms with van der Waals surface area (Å²) in [5, 5.41) is 2.89. The van der Waals surface area contributed by atoms with Gasteiger partial charge in [0, 0.05) is 11.3 Å². The lowest BCUT2D eigenvalue weighted by molar-refractivity contribution is -0.149. The van der Waals surface area contributed by atoms with E-state index in [0.717, 1.165) is 16.8 Å². The zero-order valence-electron chi connectivity index (χ0n) is 15.0. The quantitative estimate of drug-likeness (QED) is 0.810. The summed E-state index contributed by atoms with van der Waals surface area (Å²) >= 11 is 0. The van der Waals surface area contributed by atoms with Gasteiger partial charge in [-0.2, -0.15) is 0 Å². The van der Waals surface area contributed by atoms with Crippen molar-refractivity contribution in [2.75, 3.05) is 11.9 Å². The Morgan fingerprint density at radius 3 is 2.32 bits per heavy atom. The summed E-state index contributed by atoms with van der Waals surface area (Å²) < 4.78 is 10.3. The Balaban J connectivity index is 1.94. The van der Waals surface area contributed by atoms with Gasteiger partial charge >= 0.3 is 5.97 Å². The molecule has 0 heterocycles. The Morgan fingerprint density at radius 2 is 1.72 bits per heavy atom. The smallest absolute Gasteiger partial charge is 0.344 e. The van der Waals surface area contributed by atoms with Crippen LogP contribution in [0.4, 0.5) is 5.69 Å². The van der Waals surface area contributed by atoms with Crippen molar-refractivity contribution in [3.8, 4) is 5.75 Å². The van der Waals surface area contributed by atoms with E-state index in [1.54, 1.807) is 38.1 Å². The van der Waals surface area contributed by atoms with Crippen LogP contribution < -0.4 is 10.1 Å². The number of esters is 1. The number of anilines is 1. The number of aryl methyl sites for hydroxylation is 2. The van der Waals surface area contributed by atoms with Gasteiger partial charge in [-0.3, -0.25) is 4.79 Å². The Morgan fingerprint density at radius 1 is 1.04 bits per heavy atom. The molecule has 132 valence electrons. The van der Waals surface area contributed by atoms with E-state index in [1.165, 1.54) is 0 Å². The average Bonchev–Trinajstić information content (AvgIpc) is 2.55. The summed E-state index contributed by atoms with van der Waals surface area (Å²) in [6, 6.07) is 12.5. The van der Waals surface area contributed by atoms with Gasteiger partial charge in [-0.15, -0.1) is 0 Å². The van der Waals surface area contributed by atoms with Gasteiger partial charge in [-0.1, -0.05) is 17.7 Å². The zero-order valence-corrected chi connectivity index (χ0v) is 15.0. The first kappa shape index (κ1) is 18.5.